The lowest BCUT2D eigenvalue weighted by Crippen LogP contribution is -2.22. The fourth-order valence-corrected chi connectivity index (χ4v) is 3.52. The average Bonchev–Trinajstić information content (AvgIpc) is 3.01. The zero-order valence-electron chi connectivity index (χ0n) is 16.5. The van der Waals surface area contributed by atoms with Gasteiger partial charge in [-0.05, 0) is 31.5 Å². The van der Waals surface area contributed by atoms with Crippen molar-refractivity contribution in [3.05, 3.63) is 77.0 Å². The molecule has 1 amide bonds. The molecule has 0 aliphatic rings. The molecule has 0 aliphatic carbocycles. The Labute approximate surface area is 169 Å². The van der Waals surface area contributed by atoms with Gasteiger partial charge in [0.1, 0.15) is 0 Å². The summed E-state index contributed by atoms with van der Waals surface area (Å²) < 4.78 is 6.84. The molecule has 1 heterocycles. The molecule has 146 valence electrons. The van der Waals surface area contributed by atoms with Gasteiger partial charge in [-0.25, -0.2) is 4.79 Å². The highest BCUT2D eigenvalue weighted by Crippen LogP contribution is 2.39. The van der Waals surface area contributed by atoms with Crippen LogP contribution in [0.2, 0.25) is 0 Å². The normalized spacial score (nSPS) is 11.5. The van der Waals surface area contributed by atoms with E-state index in [1.807, 2.05) is 72.2 Å². The minimum atomic E-state index is -1.30. The summed E-state index contributed by atoms with van der Waals surface area (Å²) in [5, 5.41) is 9.70. The molecular formula is C23H21N3O3. The maximum Gasteiger partial charge on any atom is 0.340 e. The quantitative estimate of drug-likeness (QED) is 0.676. The van der Waals surface area contributed by atoms with Gasteiger partial charge in [-0.1, -0.05) is 48.0 Å². The van der Waals surface area contributed by atoms with E-state index >= 15 is 0 Å². The van der Waals surface area contributed by atoms with E-state index in [1.165, 1.54) is 7.11 Å². The molecule has 1 atom stereocenters. The smallest absolute Gasteiger partial charge is 0.340 e. The van der Waals surface area contributed by atoms with E-state index < -0.39 is 17.8 Å². The summed E-state index contributed by atoms with van der Waals surface area (Å²) in [6, 6.07) is 19.0. The monoisotopic (exact) mass is 387 g/mol. The minimum Gasteiger partial charge on any atom is -0.465 e. The highest BCUT2D eigenvalue weighted by molar-refractivity contribution is 6.00. The summed E-state index contributed by atoms with van der Waals surface area (Å²) in [4.78, 5) is 24.8. The summed E-state index contributed by atoms with van der Waals surface area (Å²) in [6.07, 6.45) is 0. The molecule has 6 heteroatoms. The van der Waals surface area contributed by atoms with E-state index in [2.05, 4.69) is 0 Å². The van der Waals surface area contributed by atoms with Crippen molar-refractivity contribution in [1.29, 1.82) is 5.26 Å². The Bertz CT molecular complexity index is 1110. The van der Waals surface area contributed by atoms with Gasteiger partial charge in [0.2, 0.25) is 5.91 Å². The predicted molar refractivity (Wildman–Crippen MR) is 110 cm³/mol. The number of aromatic nitrogens is 1. The molecule has 0 radical (unpaired) electrons. The lowest BCUT2D eigenvalue weighted by molar-refractivity contribution is -0.118. The van der Waals surface area contributed by atoms with Crippen LogP contribution in [0.15, 0.2) is 54.6 Å². The predicted octanol–water partition coefficient (Wildman–Crippen LogP) is 3.64. The van der Waals surface area contributed by atoms with Crippen LogP contribution in [0.1, 0.15) is 33.1 Å². The van der Waals surface area contributed by atoms with Crippen LogP contribution < -0.4 is 5.73 Å². The molecule has 6 nitrogen and oxygen atoms in total. The first-order valence-corrected chi connectivity index (χ1v) is 9.05. The van der Waals surface area contributed by atoms with Crippen LogP contribution in [-0.4, -0.2) is 23.6 Å². The Hall–Kier alpha value is -3.85. The fraction of sp³-hybridized carbons (Fsp3) is 0.174. The van der Waals surface area contributed by atoms with Crippen LogP contribution in [0.5, 0.6) is 0 Å². The van der Waals surface area contributed by atoms with E-state index in [0.29, 0.717) is 11.4 Å². The van der Waals surface area contributed by atoms with Gasteiger partial charge in [0.25, 0.3) is 0 Å². The number of nitriles is 1. The highest BCUT2D eigenvalue weighted by atomic mass is 16.5. The van der Waals surface area contributed by atoms with Crippen molar-refractivity contribution in [2.75, 3.05) is 7.11 Å². The molecular weight excluding hydrogens is 366 g/mol. The Kier molecular flexibility index (Phi) is 5.51. The molecule has 0 saturated carbocycles. The molecule has 1 aromatic heterocycles. The fourth-order valence-electron chi connectivity index (χ4n) is 3.52. The number of carbonyl (C=O) groups is 2. The SMILES string of the molecule is COC(=O)c1c(C(C#N)C(N)=O)c(-c2ccccc2)n(-c2ccc(C)cc2)c1C. The second-order valence-corrected chi connectivity index (χ2v) is 6.72. The van der Waals surface area contributed by atoms with Gasteiger partial charge in [0.05, 0.1) is 24.4 Å². The number of primary amides is 1. The van der Waals surface area contributed by atoms with Crippen LogP contribution in [0.3, 0.4) is 0 Å². The number of nitrogens with two attached hydrogens (primary N) is 1. The summed E-state index contributed by atoms with van der Waals surface area (Å²) in [5.41, 5.74) is 9.74. The van der Waals surface area contributed by atoms with Gasteiger partial charge in [-0.3, -0.25) is 4.79 Å². The molecule has 0 spiro atoms. The van der Waals surface area contributed by atoms with Crippen LogP contribution in [-0.2, 0) is 9.53 Å². The molecule has 3 aromatic rings. The Morgan fingerprint density at radius 2 is 1.69 bits per heavy atom. The van der Waals surface area contributed by atoms with Crippen molar-refractivity contribution in [1.82, 2.24) is 4.57 Å². The maximum absolute atomic E-state index is 12.7. The molecule has 0 aliphatic heterocycles. The van der Waals surface area contributed by atoms with Gasteiger partial charge in [0, 0.05) is 16.9 Å². The number of hydrogen-bond acceptors (Lipinski definition) is 4. The largest absolute Gasteiger partial charge is 0.465 e. The first-order chi connectivity index (χ1) is 13.9. The van der Waals surface area contributed by atoms with Crippen LogP contribution in [0.25, 0.3) is 16.9 Å². The molecule has 0 fully saturated rings. The summed E-state index contributed by atoms with van der Waals surface area (Å²) in [5.74, 6) is -2.75. The van der Waals surface area contributed by atoms with Gasteiger partial charge in [-0.15, -0.1) is 0 Å². The van der Waals surface area contributed by atoms with Gasteiger partial charge < -0.3 is 15.0 Å². The lowest BCUT2D eigenvalue weighted by Gasteiger charge is -2.15. The van der Waals surface area contributed by atoms with Crippen LogP contribution in [0, 0.1) is 25.2 Å². The number of carbonyl (C=O) groups excluding carboxylic acids is 2. The van der Waals surface area contributed by atoms with Crippen molar-refractivity contribution in [3.8, 4) is 23.0 Å². The second-order valence-electron chi connectivity index (χ2n) is 6.72. The Morgan fingerprint density at radius 1 is 1.07 bits per heavy atom. The number of benzene rings is 2. The average molecular weight is 387 g/mol. The molecule has 1 unspecified atom stereocenters. The van der Waals surface area contributed by atoms with Crippen molar-refractivity contribution in [2.45, 2.75) is 19.8 Å². The highest BCUT2D eigenvalue weighted by Gasteiger charge is 2.34. The summed E-state index contributed by atoms with van der Waals surface area (Å²) in [7, 11) is 1.27. The number of esters is 1. The molecule has 0 saturated heterocycles. The first-order valence-electron chi connectivity index (χ1n) is 9.05. The van der Waals surface area contributed by atoms with Crippen molar-refractivity contribution >= 4 is 11.9 Å². The Morgan fingerprint density at radius 3 is 2.21 bits per heavy atom. The number of nitrogens with zero attached hydrogens (tertiary/aromatic N) is 2. The molecule has 0 bridgehead atoms. The molecule has 29 heavy (non-hydrogen) atoms. The molecule has 2 N–H and O–H groups in total. The first kappa shape index (κ1) is 19.9. The zero-order valence-corrected chi connectivity index (χ0v) is 16.5. The van der Waals surface area contributed by atoms with E-state index in [1.54, 1.807) is 6.92 Å². The zero-order chi connectivity index (χ0) is 21.1. The number of ether oxygens (including phenoxy) is 1. The minimum absolute atomic E-state index is 0.178. The standard InChI is InChI=1S/C23H21N3O3/c1-14-9-11-17(12-10-14)26-15(2)19(23(28)29-3)20(18(13-24)22(25)27)21(26)16-7-5-4-6-8-16/h4-12,18H,1-3H3,(H2,25,27). The third-order valence-electron chi connectivity index (χ3n) is 4.88. The third kappa shape index (κ3) is 3.50. The van der Waals surface area contributed by atoms with Crippen molar-refractivity contribution < 1.29 is 14.3 Å². The van der Waals surface area contributed by atoms with E-state index in [9.17, 15) is 14.9 Å². The number of rotatable bonds is 5. The number of aryl methyl sites for hydroxylation is 1. The summed E-state index contributed by atoms with van der Waals surface area (Å²) in [6.45, 7) is 3.74. The number of methoxy groups -OCH3 is 1. The molecule has 2 aromatic carbocycles. The summed E-state index contributed by atoms with van der Waals surface area (Å²) >= 11 is 0. The van der Waals surface area contributed by atoms with Crippen molar-refractivity contribution in [3.63, 3.8) is 0 Å². The second kappa shape index (κ2) is 8.03. The van der Waals surface area contributed by atoms with Gasteiger partial charge in [0.15, 0.2) is 5.92 Å². The molecule has 3 rings (SSSR count). The number of hydrogen-bond donors (Lipinski definition) is 1. The van der Waals surface area contributed by atoms with E-state index in [0.717, 1.165) is 16.8 Å². The third-order valence-corrected chi connectivity index (χ3v) is 4.88. The number of amides is 1. The van der Waals surface area contributed by atoms with E-state index in [-0.39, 0.29) is 11.1 Å². The maximum atomic E-state index is 12.7. The Balaban J connectivity index is 2.50. The van der Waals surface area contributed by atoms with Gasteiger partial charge >= 0.3 is 5.97 Å². The van der Waals surface area contributed by atoms with Gasteiger partial charge in [-0.2, -0.15) is 5.26 Å². The van der Waals surface area contributed by atoms with Crippen LogP contribution >= 0.6 is 0 Å². The van der Waals surface area contributed by atoms with E-state index in [4.69, 9.17) is 10.5 Å². The topological polar surface area (TPSA) is 98.1 Å². The van der Waals surface area contributed by atoms with Crippen LogP contribution in [0.4, 0.5) is 0 Å². The lowest BCUT2D eigenvalue weighted by atomic mass is 9.92. The van der Waals surface area contributed by atoms with Crippen molar-refractivity contribution in [2.24, 2.45) is 5.73 Å².